The zero-order valence-corrected chi connectivity index (χ0v) is 10.5. The van der Waals surface area contributed by atoms with Crippen molar-refractivity contribution < 1.29 is 4.92 Å². The van der Waals surface area contributed by atoms with Crippen LogP contribution in [0.15, 0.2) is 18.5 Å². The molecule has 94 valence electrons. The van der Waals surface area contributed by atoms with Gasteiger partial charge in [-0.15, -0.1) is 0 Å². The number of hydrogen-bond acceptors (Lipinski definition) is 5. The van der Waals surface area contributed by atoms with Gasteiger partial charge in [-0.3, -0.25) is 10.1 Å². The van der Waals surface area contributed by atoms with E-state index in [1.807, 2.05) is 13.8 Å². The van der Waals surface area contributed by atoms with Gasteiger partial charge in [0.1, 0.15) is 17.2 Å². The maximum absolute atomic E-state index is 10.8. The van der Waals surface area contributed by atoms with Gasteiger partial charge in [-0.2, -0.15) is 5.10 Å². The lowest BCUT2D eigenvalue weighted by molar-refractivity contribution is -0.384. The van der Waals surface area contributed by atoms with Gasteiger partial charge in [-0.05, 0) is 13.8 Å². The van der Waals surface area contributed by atoms with Gasteiger partial charge in [0.2, 0.25) is 0 Å². The predicted octanol–water partition coefficient (Wildman–Crippen LogP) is 2.48. The molecule has 0 atom stereocenters. The SMILES string of the molecule is CC(C)n1ncnc1-c1cc([N+](=O)[O-])cc(Cl)n1. The van der Waals surface area contributed by atoms with Crippen LogP contribution in [0.4, 0.5) is 5.69 Å². The minimum Gasteiger partial charge on any atom is -0.258 e. The molecule has 2 rings (SSSR count). The molecule has 0 spiro atoms. The standard InChI is InChI=1S/C10H10ClN5O2/c1-6(2)15-10(12-5-13-15)8-3-7(16(17)18)4-9(11)14-8/h3-6H,1-2H3. The van der Waals surface area contributed by atoms with Crippen molar-refractivity contribution in [1.29, 1.82) is 0 Å². The normalized spacial score (nSPS) is 10.9. The summed E-state index contributed by atoms with van der Waals surface area (Å²) in [5, 5.41) is 14.9. The van der Waals surface area contributed by atoms with E-state index >= 15 is 0 Å². The Morgan fingerprint density at radius 3 is 2.78 bits per heavy atom. The Hall–Kier alpha value is -2.02. The molecule has 2 aromatic heterocycles. The first-order valence-electron chi connectivity index (χ1n) is 5.21. The maximum Gasteiger partial charge on any atom is 0.274 e. The topological polar surface area (TPSA) is 86.7 Å². The van der Waals surface area contributed by atoms with Crippen LogP contribution in [-0.4, -0.2) is 24.7 Å². The molecule has 7 nitrogen and oxygen atoms in total. The van der Waals surface area contributed by atoms with Crippen LogP contribution in [0.5, 0.6) is 0 Å². The van der Waals surface area contributed by atoms with E-state index in [1.54, 1.807) is 4.68 Å². The van der Waals surface area contributed by atoms with E-state index in [9.17, 15) is 10.1 Å². The molecule has 8 heteroatoms. The van der Waals surface area contributed by atoms with Crippen LogP contribution in [0.1, 0.15) is 19.9 Å². The molecular formula is C10H10ClN5O2. The van der Waals surface area contributed by atoms with Crippen LogP contribution >= 0.6 is 11.6 Å². The Morgan fingerprint density at radius 2 is 2.17 bits per heavy atom. The van der Waals surface area contributed by atoms with Crippen LogP contribution < -0.4 is 0 Å². The van der Waals surface area contributed by atoms with Crippen molar-refractivity contribution in [2.45, 2.75) is 19.9 Å². The third-order valence-corrected chi connectivity index (χ3v) is 2.47. The molecular weight excluding hydrogens is 258 g/mol. The fraction of sp³-hybridized carbons (Fsp3) is 0.300. The van der Waals surface area contributed by atoms with Crippen LogP contribution in [0, 0.1) is 10.1 Å². The van der Waals surface area contributed by atoms with Gasteiger partial charge in [0.05, 0.1) is 11.0 Å². The molecule has 0 radical (unpaired) electrons. The second-order valence-corrected chi connectivity index (χ2v) is 4.30. The van der Waals surface area contributed by atoms with Crippen molar-refractivity contribution in [3.8, 4) is 11.5 Å². The summed E-state index contributed by atoms with van der Waals surface area (Å²) in [6.45, 7) is 3.86. The summed E-state index contributed by atoms with van der Waals surface area (Å²) in [5.41, 5.74) is 0.212. The number of halogens is 1. The highest BCUT2D eigenvalue weighted by atomic mass is 35.5. The minimum absolute atomic E-state index is 0.0532. The molecule has 0 aliphatic heterocycles. The van der Waals surface area contributed by atoms with Crippen molar-refractivity contribution in [2.75, 3.05) is 0 Å². The maximum atomic E-state index is 10.8. The van der Waals surface area contributed by atoms with Crippen LogP contribution in [0.2, 0.25) is 5.15 Å². The molecule has 2 heterocycles. The zero-order chi connectivity index (χ0) is 13.3. The summed E-state index contributed by atoms with van der Waals surface area (Å²) < 4.78 is 1.63. The van der Waals surface area contributed by atoms with Crippen LogP contribution in [-0.2, 0) is 0 Å². The average molecular weight is 268 g/mol. The fourth-order valence-electron chi connectivity index (χ4n) is 1.51. The lowest BCUT2D eigenvalue weighted by Crippen LogP contribution is -2.06. The zero-order valence-electron chi connectivity index (χ0n) is 9.74. The average Bonchev–Trinajstić information content (AvgIpc) is 2.76. The third-order valence-electron chi connectivity index (χ3n) is 2.28. The molecule has 0 saturated carbocycles. The van der Waals surface area contributed by atoms with Gasteiger partial charge in [0.25, 0.3) is 5.69 Å². The quantitative estimate of drug-likeness (QED) is 0.484. The van der Waals surface area contributed by atoms with Gasteiger partial charge in [0, 0.05) is 12.1 Å². The highest BCUT2D eigenvalue weighted by Gasteiger charge is 2.16. The second-order valence-electron chi connectivity index (χ2n) is 3.91. The summed E-state index contributed by atoms with van der Waals surface area (Å²) in [6.07, 6.45) is 1.38. The van der Waals surface area contributed by atoms with Crippen molar-refractivity contribution in [2.24, 2.45) is 0 Å². The monoisotopic (exact) mass is 267 g/mol. The molecule has 0 unspecified atom stereocenters. The molecule has 0 aliphatic rings. The Bertz CT molecular complexity index is 596. The van der Waals surface area contributed by atoms with E-state index in [2.05, 4.69) is 15.1 Å². The number of nitrogens with zero attached hydrogens (tertiary/aromatic N) is 5. The minimum atomic E-state index is -0.521. The van der Waals surface area contributed by atoms with Gasteiger partial charge < -0.3 is 0 Å². The lowest BCUT2D eigenvalue weighted by atomic mass is 10.3. The predicted molar refractivity (Wildman–Crippen MR) is 65.3 cm³/mol. The molecule has 0 saturated heterocycles. The summed E-state index contributed by atoms with van der Waals surface area (Å²) >= 11 is 5.77. The highest BCUT2D eigenvalue weighted by Crippen LogP contribution is 2.24. The van der Waals surface area contributed by atoms with Crippen LogP contribution in [0.3, 0.4) is 0 Å². The van der Waals surface area contributed by atoms with Crippen molar-refractivity contribution in [1.82, 2.24) is 19.7 Å². The lowest BCUT2D eigenvalue weighted by Gasteiger charge is -2.08. The first-order chi connectivity index (χ1) is 8.49. The van der Waals surface area contributed by atoms with Crippen molar-refractivity contribution >= 4 is 17.3 Å². The van der Waals surface area contributed by atoms with E-state index in [4.69, 9.17) is 11.6 Å². The molecule has 0 fully saturated rings. The number of hydrogen-bond donors (Lipinski definition) is 0. The smallest absolute Gasteiger partial charge is 0.258 e. The van der Waals surface area contributed by atoms with Crippen molar-refractivity contribution in [3.05, 3.63) is 33.7 Å². The van der Waals surface area contributed by atoms with E-state index in [1.165, 1.54) is 18.5 Å². The summed E-state index contributed by atoms with van der Waals surface area (Å²) in [4.78, 5) is 18.3. The molecule has 0 N–H and O–H groups in total. The Balaban J connectivity index is 2.57. The molecule has 0 bridgehead atoms. The Morgan fingerprint density at radius 1 is 1.44 bits per heavy atom. The molecule has 0 aliphatic carbocycles. The number of rotatable bonds is 3. The highest BCUT2D eigenvalue weighted by molar-refractivity contribution is 6.29. The van der Waals surface area contributed by atoms with Crippen LogP contribution in [0.25, 0.3) is 11.5 Å². The first-order valence-corrected chi connectivity index (χ1v) is 5.58. The summed E-state index contributed by atoms with van der Waals surface area (Å²) in [5.74, 6) is 0.454. The van der Waals surface area contributed by atoms with E-state index in [0.29, 0.717) is 11.5 Å². The second kappa shape index (κ2) is 4.69. The Labute approximate surface area is 108 Å². The van der Waals surface area contributed by atoms with E-state index < -0.39 is 4.92 Å². The summed E-state index contributed by atoms with van der Waals surface area (Å²) in [7, 11) is 0. The van der Waals surface area contributed by atoms with Crippen molar-refractivity contribution in [3.63, 3.8) is 0 Å². The number of pyridine rings is 1. The molecule has 0 aromatic carbocycles. The van der Waals surface area contributed by atoms with Gasteiger partial charge in [-0.1, -0.05) is 11.6 Å². The molecule has 0 amide bonds. The molecule has 2 aromatic rings. The Kier molecular flexibility index (Phi) is 3.24. The summed E-state index contributed by atoms with van der Waals surface area (Å²) in [6, 6.07) is 2.60. The molecule has 18 heavy (non-hydrogen) atoms. The van der Waals surface area contributed by atoms with Gasteiger partial charge in [0.15, 0.2) is 5.82 Å². The fourth-order valence-corrected chi connectivity index (χ4v) is 1.72. The number of nitro groups is 1. The third kappa shape index (κ3) is 2.30. The van der Waals surface area contributed by atoms with E-state index in [0.717, 1.165) is 0 Å². The van der Waals surface area contributed by atoms with E-state index in [-0.39, 0.29) is 16.9 Å². The largest absolute Gasteiger partial charge is 0.274 e. The number of aromatic nitrogens is 4. The van der Waals surface area contributed by atoms with Gasteiger partial charge >= 0.3 is 0 Å². The van der Waals surface area contributed by atoms with Gasteiger partial charge in [-0.25, -0.2) is 14.6 Å². The first kappa shape index (κ1) is 12.4.